The van der Waals surface area contributed by atoms with Gasteiger partial charge < -0.3 is 39.4 Å². The molecule has 0 spiro atoms. The highest BCUT2D eigenvalue weighted by Gasteiger charge is 2.42. The van der Waals surface area contributed by atoms with Gasteiger partial charge in [-0.25, -0.2) is 18.9 Å². The van der Waals surface area contributed by atoms with E-state index in [0.717, 1.165) is 26.0 Å². The molecule has 1 aliphatic rings. The summed E-state index contributed by atoms with van der Waals surface area (Å²) in [5.74, 6) is -9.86. The summed E-state index contributed by atoms with van der Waals surface area (Å²) in [6, 6.07) is -0.230. The van der Waals surface area contributed by atoms with E-state index in [2.05, 4.69) is 30.1 Å². The summed E-state index contributed by atoms with van der Waals surface area (Å²) < 4.78 is 159. The first-order valence-electron chi connectivity index (χ1n) is 17.4. The smallest absolute Gasteiger partial charge is 0.471 e. The number of nitrogens with zero attached hydrogens (tertiary/aromatic N) is 4. The number of carbonyl (C=O) groups excluding carboxylic acids is 1. The number of nitrogens with one attached hydrogen (secondary N) is 2. The molecule has 214 valence electrons. The van der Waals surface area contributed by atoms with Crippen LogP contribution in [0.15, 0.2) is 30.4 Å². The van der Waals surface area contributed by atoms with E-state index in [1.165, 1.54) is 0 Å². The van der Waals surface area contributed by atoms with E-state index < -0.39 is 123 Å². The maximum atomic E-state index is 15.3. The summed E-state index contributed by atoms with van der Waals surface area (Å²) in [7, 11) is -15.5. The maximum absolute atomic E-state index is 15.3. The molecule has 0 radical (unpaired) electrons. The van der Waals surface area contributed by atoms with Crippen molar-refractivity contribution in [3.05, 3.63) is 36.2 Å². The van der Waals surface area contributed by atoms with Gasteiger partial charge in [0.15, 0.2) is 40.3 Å². The number of anilines is 5. The van der Waals surface area contributed by atoms with Gasteiger partial charge in [0.2, 0.25) is 11.7 Å². The lowest BCUT2D eigenvalue weighted by Gasteiger charge is -2.37. The van der Waals surface area contributed by atoms with E-state index in [1.54, 1.807) is 0 Å². The third kappa shape index (κ3) is 6.15. The second-order valence-corrected chi connectivity index (χ2v) is 9.13. The number of halogens is 1. The Morgan fingerprint density at radius 2 is 1.88 bits per heavy atom. The van der Waals surface area contributed by atoms with E-state index in [1.807, 2.05) is 0 Å². The quantitative estimate of drug-likeness (QED) is 0.251. The minimum absolute atomic E-state index is 0.00423. The lowest BCUT2D eigenvalue weighted by Crippen LogP contribution is -2.53. The zero-order valence-corrected chi connectivity index (χ0v) is 20.9. The van der Waals surface area contributed by atoms with Crippen LogP contribution in [0.2, 0.25) is 0 Å². The first-order valence-corrected chi connectivity index (χ1v) is 11.9. The number of hydrogen-bond acceptors (Lipinski definition) is 12. The molecule has 0 saturated carbocycles. The van der Waals surface area contributed by atoms with Crippen LogP contribution in [0, 0.1) is 5.82 Å². The number of ether oxygens (including phenoxy) is 4. The molecule has 4 rings (SSSR count). The van der Waals surface area contributed by atoms with Crippen LogP contribution in [-0.4, -0.2) is 64.0 Å². The van der Waals surface area contributed by atoms with Gasteiger partial charge in [0.05, 0.1) is 46.5 Å². The molecule has 40 heavy (non-hydrogen) atoms. The first kappa shape index (κ1) is 15.5. The van der Waals surface area contributed by atoms with Gasteiger partial charge in [-0.05, 0) is 25.9 Å². The predicted octanol–water partition coefficient (Wildman–Crippen LogP) is 3.09. The number of amides is 1. The summed E-state index contributed by atoms with van der Waals surface area (Å²) in [5.41, 5.74) is -2.41. The topological polar surface area (TPSA) is 187 Å². The minimum atomic E-state index is -5.64. The van der Waals surface area contributed by atoms with E-state index in [0.29, 0.717) is 0 Å². The Bertz CT molecular complexity index is 1990. The van der Waals surface area contributed by atoms with Crippen molar-refractivity contribution in [2.45, 2.75) is 19.4 Å². The number of phosphoric ester groups is 1. The fourth-order valence-corrected chi connectivity index (χ4v) is 3.29. The van der Waals surface area contributed by atoms with Crippen molar-refractivity contribution in [3.8, 4) is 23.0 Å². The average molecular weight is 595 g/mol. The van der Waals surface area contributed by atoms with Crippen molar-refractivity contribution in [1.29, 1.82) is 0 Å². The molecular weight excluding hydrogens is 554 g/mol. The summed E-state index contributed by atoms with van der Waals surface area (Å²) in [6.45, 7) is -1.44. The fourth-order valence-electron chi connectivity index (χ4n) is 3.10. The SMILES string of the molecule is [2H]c1nc(Nc2cc(OC([2H])([2H])[2H])c(OC([2H])([2H])[2H])c(OC([2H])([2H])[2H])c2)nc(Nc2nc3c(c([2H])c2[2H])OC(C)(C)C(=O)N3C([2H])([2H])OP(=O)(O)O)c1F. The standard InChI is InChI=1S/C23H26FN6O9P/c1-23(2)21(31)30(11-38-40(32,33)34)20-14(39-23)6-7-17(28-20)27-19-13(24)10-25-22(29-19)26-12-8-15(35-3)18(37-5)16(9-12)36-4/h6-10H,11H2,1-5H3,(H2,32,33,34)(H2,25,26,27,28,29)/i3D3,4D3,5D3,6D,7D,10D,11D2. The molecule has 4 N–H and O–H groups in total. The molecular formula is C23H26FN6O9P. The summed E-state index contributed by atoms with van der Waals surface area (Å²) in [5, 5.41) is 4.57. The molecule has 2 aromatic heterocycles. The van der Waals surface area contributed by atoms with Gasteiger partial charge in [-0.1, -0.05) is 0 Å². The molecule has 0 bridgehead atoms. The number of hydrogen-bond donors (Lipinski definition) is 4. The zero-order valence-electron chi connectivity index (χ0n) is 34.0. The van der Waals surface area contributed by atoms with E-state index >= 15 is 4.39 Å². The minimum Gasteiger partial charge on any atom is -0.493 e. The van der Waals surface area contributed by atoms with Crippen LogP contribution in [0.5, 0.6) is 23.0 Å². The van der Waals surface area contributed by atoms with Crippen molar-refractivity contribution in [2.24, 2.45) is 0 Å². The molecule has 0 unspecified atom stereocenters. The van der Waals surface area contributed by atoms with E-state index in [4.69, 9.17) is 38.1 Å². The molecule has 15 nitrogen and oxygen atoms in total. The van der Waals surface area contributed by atoms with Crippen LogP contribution < -0.4 is 34.5 Å². The van der Waals surface area contributed by atoms with Crippen LogP contribution in [0.4, 0.5) is 33.5 Å². The Balaban J connectivity index is 1.84. The van der Waals surface area contributed by atoms with Crippen molar-refractivity contribution in [2.75, 3.05) is 43.3 Å². The Morgan fingerprint density at radius 1 is 1.18 bits per heavy atom. The number of carbonyl (C=O) groups is 1. The van der Waals surface area contributed by atoms with Crippen molar-refractivity contribution < 1.29 is 66.2 Å². The van der Waals surface area contributed by atoms with Crippen LogP contribution in [0.3, 0.4) is 0 Å². The van der Waals surface area contributed by atoms with Gasteiger partial charge in [-0.2, -0.15) is 4.98 Å². The molecule has 0 fully saturated rings. The summed E-state index contributed by atoms with van der Waals surface area (Å²) in [4.78, 5) is 43.0. The highest BCUT2D eigenvalue weighted by Crippen LogP contribution is 2.42. The van der Waals surface area contributed by atoms with E-state index in [9.17, 15) is 19.1 Å². The Morgan fingerprint density at radius 3 is 2.52 bits per heavy atom. The third-order valence-corrected chi connectivity index (χ3v) is 5.09. The average Bonchev–Trinajstić information content (AvgIpc) is 2.93. The van der Waals surface area contributed by atoms with Gasteiger partial charge in [0, 0.05) is 17.8 Å². The van der Waals surface area contributed by atoms with E-state index in [-0.39, 0.29) is 4.90 Å². The third-order valence-electron chi connectivity index (χ3n) is 4.77. The van der Waals surface area contributed by atoms with Gasteiger partial charge in [0.1, 0.15) is 12.5 Å². The first-order chi connectivity index (χ1) is 24.3. The summed E-state index contributed by atoms with van der Waals surface area (Å²) in [6.07, 6.45) is -1.17. The largest absolute Gasteiger partial charge is 0.493 e. The molecule has 17 heteroatoms. The molecule has 3 heterocycles. The number of methoxy groups -OCH3 is 3. The fraction of sp³-hybridized carbons (Fsp3) is 0.304. The molecule has 1 amide bonds. The van der Waals surface area contributed by atoms with Crippen molar-refractivity contribution in [3.63, 3.8) is 0 Å². The predicted molar refractivity (Wildman–Crippen MR) is 139 cm³/mol. The number of pyridine rings is 1. The maximum Gasteiger partial charge on any atom is 0.471 e. The Hall–Kier alpha value is -4.24. The van der Waals surface area contributed by atoms with Crippen molar-refractivity contribution >= 4 is 42.8 Å². The monoisotopic (exact) mass is 594 g/mol. The van der Waals surface area contributed by atoms with Crippen molar-refractivity contribution in [1.82, 2.24) is 15.0 Å². The molecule has 1 aliphatic heterocycles. The number of aromatic nitrogens is 3. The lowest BCUT2D eigenvalue weighted by atomic mass is 10.1. The Labute approximate surface area is 247 Å². The normalized spacial score (nSPS) is 20.6. The van der Waals surface area contributed by atoms with Gasteiger partial charge in [0.25, 0.3) is 5.91 Å². The zero-order chi connectivity index (χ0) is 41.1. The van der Waals surface area contributed by atoms with Crippen LogP contribution in [-0.2, 0) is 13.9 Å². The Kier molecular flexibility index (Phi) is 4.30. The number of phosphoric acid groups is 1. The highest BCUT2D eigenvalue weighted by atomic mass is 31.2. The lowest BCUT2D eigenvalue weighted by molar-refractivity contribution is -0.133. The van der Waals surface area contributed by atoms with Crippen LogP contribution in [0.1, 0.15) is 33.0 Å². The van der Waals surface area contributed by atoms with Gasteiger partial charge >= 0.3 is 7.82 Å². The van der Waals surface area contributed by atoms with Gasteiger partial charge in [-0.3, -0.25) is 14.2 Å². The molecule has 1 aromatic carbocycles. The van der Waals surface area contributed by atoms with Crippen LogP contribution in [0.25, 0.3) is 0 Å². The number of fused-ring (bicyclic) bond motifs is 1. The molecule has 0 aliphatic carbocycles. The van der Waals surface area contributed by atoms with Gasteiger partial charge in [-0.15, -0.1) is 0 Å². The second-order valence-electron chi connectivity index (χ2n) is 7.97. The van der Waals surface area contributed by atoms with Crippen LogP contribution >= 0.6 is 7.82 Å². The molecule has 3 aromatic rings. The second kappa shape index (κ2) is 11.1. The molecule has 0 saturated heterocycles. The highest BCUT2D eigenvalue weighted by molar-refractivity contribution is 7.46. The number of rotatable bonds is 10. The number of benzene rings is 1. The molecule has 0 atom stereocenters. The summed E-state index contributed by atoms with van der Waals surface area (Å²) >= 11 is 0.